The zero-order chi connectivity index (χ0) is 16.8. The summed E-state index contributed by atoms with van der Waals surface area (Å²) in [6, 6.07) is 9.51. The first-order chi connectivity index (χ1) is 10.2. The van der Waals surface area contributed by atoms with Gasteiger partial charge in [-0.05, 0) is 17.4 Å². The van der Waals surface area contributed by atoms with Crippen LogP contribution in [-0.2, 0) is 21.2 Å². The average Bonchev–Trinajstić information content (AvgIpc) is 2.37. The Hall–Kier alpha value is -1.91. The Balaban J connectivity index is 2.82. The van der Waals surface area contributed by atoms with Gasteiger partial charge < -0.3 is 5.11 Å². The van der Waals surface area contributed by atoms with Crippen LogP contribution in [0.25, 0.3) is 0 Å². The van der Waals surface area contributed by atoms with Crippen molar-refractivity contribution in [3.8, 4) is 6.07 Å². The number of nitrogens with zero attached hydrogens (tertiary/aromatic N) is 1. The van der Waals surface area contributed by atoms with E-state index in [0.717, 1.165) is 5.56 Å². The van der Waals surface area contributed by atoms with Crippen LogP contribution >= 0.6 is 0 Å². The summed E-state index contributed by atoms with van der Waals surface area (Å²) in [7, 11) is -3.81. The van der Waals surface area contributed by atoms with Crippen LogP contribution in [0.2, 0.25) is 0 Å². The Bertz CT molecular complexity index is 648. The second-order valence-corrected chi connectivity index (χ2v) is 7.71. The molecule has 0 bridgehead atoms. The van der Waals surface area contributed by atoms with Crippen LogP contribution in [0.3, 0.4) is 0 Å². The standard InChI is InChI=1S/C15H20N2O4S/c1-15(2,8-9-16)11-22(20,21)17-13(14(18)19)10-12-6-4-3-5-7-12/h3-7,13,17H,8,10-11H2,1-2H3,(H,18,19)/t13-/m0/s1. The van der Waals surface area contributed by atoms with Crippen LogP contribution in [0, 0.1) is 16.7 Å². The van der Waals surface area contributed by atoms with Crippen LogP contribution in [0.4, 0.5) is 0 Å². The molecule has 0 amide bonds. The Morgan fingerprint density at radius 2 is 1.95 bits per heavy atom. The Morgan fingerprint density at radius 1 is 1.36 bits per heavy atom. The van der Waals surface area contributed by atoms with Crippen molar-refractivity contribution in [3.63, 3.8) is 0 Å². The summed E-state index contributed by atoms with van der Waals surface area (Å²) in [5.41, 5.74) is -0.00925. The molecule has 22 heavy (non-hydrogen) atoms. The van der Waals surface area contributed by atoms with Gasteiger partial charge in [0.2, 0.25) is 10.0 Å². The quantitative estimate of drug-likeness (QED) is 0.754. The lowest BCUT2D eigenvalue weighted by Gasteiger charge is -2.23. The molecule has 0 aliphatic rings. The number of nitriles is 1. The van der Waals surface area contributed by atoms with Crippen LogP contribution in [-0.4, -0.2) is 31.3 Å². The molecule has 6 nitrogen and oxygen atoms in total. The maximum Gasteiger partial charge on any atom is 0.322 e. The minimum atomic E-state index is -3.81. The predicted octanol–water partition coefficient (Wildman–Crippen LogP) is 1.54. The number of carbonyl (C=O) groups is 1. The van der Waals surface area contributed by atoms with E-state index in [1.165, 1.54) is 0 Å². The Labute approximate surface area is 130 Å². The first-order valence-electron chi connectivity index (χ1n) is 6.79. The highest BCUT2D eigenvalue weighted by Gasteiger charge is 2.30. The maximum absolute atomic E-state index is 12.1. The predicted molar refractivity (Wildman–Crippen MR) is 82.5 cm³/mol. The molecule has 0 radical (unpaired) electrons. The summed E-state index contributed by atoms with van der Waals surface area (Å²) in [5.74, 6) is -1.53. The molecule has 1 aromatic carbocycles. The van der Waals surface area contributed by atoms with Crippen LogP contribution in [0.15, 0.2) is 30.3 Å². The van der Waals surface area contributed by atoms with E-state index in [9.17, 15) is 18.3 Å². The second kappa shape index (κ2) is 7.38. The summed E-state index contributed by atoms with van der Waals surface area (Å²) in [6.07, 6.45) is 0.137. The third-order valence-electron chi connectivity index (χ3n) is 3.04. The summed E-state index contributed by atoms with van der Waals surface area (Å²) in [4.78, 5) is 11.3. The summed E-state index contributed by atoms with van der Waals surface area (Å²) < 4.78 is 26.5. The number of hydrogen-bond acceptors (Lipinski definition) is 4. The molecular formula is C15H20N2O4S. The maximum atomic E-state index is 12.1. The van der Waals surface area contributed by atoms with Gasteiger partial charge in [0.15, 0.2) is 0 Å². The van der Waals surface area contributed by atoms with Crippen LogP contribution in [0.1, 0.15) is 25.8 Å². The molecule has 0 aliphatic carbocycles. The van der Waals surface area contributed by atoms with Gasteiger partial charge in [-0.15, -0.1) is 0 Å². The fourth-order valence-corrected chi connectivity index (χ4v) is 3.90. The number of carboxylic acids is 1. The van der Waals surface area contributed by atoms with E-state index >= 15 is 0 Å². The molecule has 0 aromatic heterocycles. The molecule has 0 saturated heterocycles. The largest absolute Gasteiger partial charge is 0.480 e. The van der Waals surface area contributed by atoms with Crippen molar-refractivity contribution >= 4 is 16.0 Å². The van der Waals surface area contributed by atoms with E-state index in [-0.39, 0.29) is 18.6 Å². The molecular weight excluding hydrogens is 304 g/mol. The number of rotatable bonds is 8. The smallest absolute Gasteiger partial charge is 0.322 e. The third kappa shape index (κ3) is 6.24. The van der Waals surface area contributed by atoms with Crippen molar-refractivity contribution in [1.29, 1.82) is 5.26 Å². The number of carboxylic acid groups (broad SMARTS) is 1. The van der Waals surface area contributed by atoms with Gasteiger partial charge in [0, 0.05) is 6.42 Å². The van der Waals surface area contributed by atoms with E-state index in [1.807, 2.05) is 6.07 Å². The number of aliphatic carboxylic acids is 1. The van der Waals surface area contributed by atoms with Gasteiger partial charge in [0.05, 0.1) is 11.8 Å². The van der Waals surface area contributed by atoms with E-state index < -0.39 is 27.4 Å². The monoisotopic (exact) mass is 324 g/mol. The molecule has 120 valence electrons. The van der Waals surface area contributed by atoms with E-state index in [2.05, 4.69) is 4.72 Å². The minimum Gasteiger partial charge on any atom is -0.480 e. The van der Waals surface area contributed by atoms with Gasteiger partial charge in [-0.3, -0.25) is 4.79 Å². The zero-order valence-electron chi connectivity index (χ0n) is 12.6. The lowest BCUT2D eigenvalue weighted by atomic mass is 9.93. The van der Waals surface area contributed by atoms with Gasteiger partial charge in [-0.2, -0.15) is 5.26 Å². The van der Waals surface area contributed by atoms with Crippen molar-refractivity contribution < 1.29 is 18.3 Å². The first-order valence-corrected chi connectivity index (χ1v) is 8.44. The molecule has 7 heteroatoms. The topological polar surface area (TPSA) is 107 Å². The minimum absolute atomic E-state index is 0.0636. The highest BCUT2D eigenvalue weighted by Crippen LogP contribution is 2.21. The number of sulfonamides is 1. The fourth-order valence-electron chi connectivity index (χ4n) is 2.07. The van der Waals surface area contributed by atoms with Crippen molar-refractivity contribution in [2.24, 2.45) is 5.41 Å². The van der Waals surface area contributed by atoms with E-state index in [4.69, 9.17) is 5.26 Å². The number of nitrogens with one attached hydrogen (secondary N) is 1. The van der Waals surface area contributed by atoms with Gasteiger partial charge in [0.25, 0.3) is 0 Å². The molecule has 0 spiro atoms. The van der Waals surface area contributed by atoms with Gasteiger partial charge in [0.1, 0.15) is 6.04 Å². The van der Waals surface area contributed by atoms with Gasteiger partial charge >= 0.3 is 5.97 Å². The average molecular weight is 324 g/mol. The zero-order valence-corrected chi connectivity index (χ0v) is 13.4. The van der Waals surface area contributed by atoms with Crippen molar-refractivity contribution in [2.75, 3.05) is 5.75 Å². The SMILES string of the molecule is CC(C)(CC#N)CS(=O)(=O)N[C@@H](Cc1ccccc1)C(=O)O. The number of benzene rings is 1. The summed E-state index contributed by atoms with van der Waals surface area (Å²) >= 11 is 0. The van der Waals surface area contributed by atoms with Crippen LogP contribution < -0.4 is 4.72 Å². The normalized spacial score (nSPS) is 13.3. The van der Waals surface area contributed by atoms with E-state index in [0.29, 0.717) is 0 Å². The third-order valence-corrected chi connectivity index (χ3v) is 4.85. The lowest BCUT2D eigenvalue weighted by molar-refractivity contribution is -0.138. The van der Waals surface area contributed by atoms with Gasteiger partial charge in [-0.25, -0.2) is 13.1 Å². The van der Waals surface area contributed by atoms with Crippen LogP contribution in [0.5, 0.6) is 0 Å². The summed E-state index contributed by atoms with van der Waals surface area (Å²) in [5, 5.41) is 17.9. The van der Waals surface area contributed by atoms with Crippen molar-refractivity contribution in [3.05, 3.63) is 35.9 Å². The molecule has 1 atom stereocenters. The van der Waals surface area contributed by atoms with Crippen molar-refractivity contribution in [1.82, 2.24) is 4.72 Å². The Kier molecular flexibility index (Phi) is 6.09. The molecule has 0 saturated carbocycles. The lowest BCUT2D eigenvalue weighted by Crippen LogP contribution is -2.45. The van der Waals surface area contributed by atoms with E-state index in [1.54, 1.807) is 44.2 Å². The molecule has 2 N–H and O–H groups in total. The molecule has 1 rings (SSSR count). The van der Waals surface area contributed by atoms with Gasteiger partial charge in [-0.1, -0.05) is 44.2 Å². The molecule has 0 aliphatic heterocycles. The first kappa shape index (κ1) is 18.1. The van der Waals surface area contributed by atoms with Crippen molar-refractivity contribution in [2.45, 2.75) is 32.7 Å². The molecule has 0 fully saturated rings. The second-order valence-electron chi connectivity index (χ2n) is 5.96. The molecule has 1 aromatic rings. The fraction of sp³-hybridized carbons (Fsp3) is 0.467. The number of hydrogen-bond donors (Lipinski definition) is 2. The highest BCUT2D eigenvalue weighted by atomic mass is 32.2. The Morgan fingerprint density at radius 3 is 2.45 bits per heavy atom. The highest BCUT2D eigenvalue weighted by molar-refractivity contribution is 7.89. The summed E-state index contributed by atoms with van der Waals surface area (Å²) in [6.45, 7) is 3.31. The molecule has 0 heterocycles. The molecule has 0 unspecified atom stereocenters.